The Morgan fingerprint density at radius 2 is 2.33 bits per heavy atom. The minimum absolute atomic E-state index is 0.127. The van der Waals surface area contributed by atoms with Gasteiger partial charge < -0.3 is 24.7 Å². The van der Waals surface area contributed by atoms with E-state index in [0.717, 1.165) is 44.0 Å². The zero-order valence-corrected chi connectivity index (χ0v) is 17.9. The van der Waals surface area contributed by atoms with Crippen LogP contribution in [0.3, 0.4) is 0 Å². The van der Waals surface area contributed by atoms with Crippen molar-refractivity contribution >= 4 is 5.96 Å². The Balaban J connectivity index is 1.63. The molecular formula is C21H31FN6O2. The maximum absolute atomic E-state index is 14.1. The molecule has 2 heterocycles. The molecule has 2 N–H and O–H groups in total. The van der Waals surface area contributed by atoms with Gasteiger partial charge in [-0.1, -0.05) is 13.0 Å². The van der Waals surface area contributed by atoms with Crippen LogP contribution in [0.4, 0.5) is 4.39 Å². The third-order valence-electron chi connectivity index (χ3n) is 5.22. The normalized spacial score (nSPS) is 17.7. The summed E-state index contributed by atoms with van der Waals surface area (Å²) in [6, 6.07) is 4.86. The number of benzene rings is 1. The van der Waals surface area contributed by atoms with Crippen LogP contribution in [0.1, 0.15) is 37.7 Å². The molecule has 1 aromatic carbocycles. The maximum atomic E-state index is 14.1. The van der Waals surface area contributed by atoms with E-state index in [1.807, 2.05) is 17.6 Å². The summed E-state index contributed by atoms with van der Waals surface area (Å²) in [5.74, 6) is 1.94. The van der Waals surface area contributed by atoms with Crippen LogP contribution in [0.15, 0.2) is 29.5 Å². The average Bonchev–Trinajstić information content (AvgIpc) is 3.43. The lowest BCUT2D eigenvalue weighted by atomic mass is 10.1. The quantitative estimate of drug-likeness (QED) is 0.480. The smallest absolute Gasteiger partial charge is 0.191 e. The summed E-state index contributed by atoms with van der Waals surface area (Å²) >= 11 is 0. The number of aliphatic imine (C=N–C) groups is 1. The molecule has 1 aromatic heterocycles. The second-order valence-electron chi connectivity index (χ2n) is 7.40. The first kappa shape index (κ1) is 22.0. The Kier molecular flexibility index (Phi) is 8.01. The van der Waals surface area contributed by atoms with E-state index in [1.165, 1.54) is 13.2 Å². The molecule has 1 aliphatic rings. The number of aryl methyl sites for hydroxylation is 1. The summed E-state index contributed by atoms with van der Waals surface area (Å²) in [4.78, 5) is 4.74. The predicted octanol–water partition coefficient (Wildman–Crippen LogP) is 2.32. The molecule has 30 heavy (non-hydrogen) atoms. The fourth-order valence-corrected chi connectivity index (χ4v) is 3.37. The molecule has 0 spiro atoms. The maximum Gasteiger partial charge on any atom is 0.191 e. The van der Waals surface area contributed by atoms with Gasteiger partial charge in [0.15, 0.2) is 17.5 Å². The van der Waals surface area contributed by atoms with Crippen molar-refractivity contribution in [2.24, 2.45) is 10.9 Å². The van der Waals surface area contributed by atoms with E-state index >= 15 is 0 Å². The van der Waals surface area contributed by atoms with Crippen LogP contribution in [-0.4, -0.2) is 54.1 Å². The first-order valence-corrected chi connectivity index (χ1v) is 10.4. The summed E-state index contributed by atoms with van der Waals surface area (Å²) < 4.78 is 26.6. The number of hydrogen-bond acceptors (Lipinski definition) is 5. The molecule has 1 saturated heterocycles. The molecule has 8 nitrogen and oxygen atoms in total. The van der Waals surface area contributed by atoms with E-state index in [1.54, 1.807) is 12.4 Å². The second-order valence-corrected chi connectivity index (χ2v) is 7.40. The number of halogens is 1. The molecule has 2 unspecified atom stereocenters. The molecule has 0 aliphatic carbocycles. The van der Waals surface area contributed by atoms with E-state index in [0.29, 0.717) is 25.0 Å². The first-order valence-electron chi connectivity index (χ1n) is 10.4. The molecule has 2 aromatic rings. The van der Waals surface area contributed by atoms with Crippen LogP contribution >= 0.6 is 0 Å². The van der Waals surface area contributed by atoms with Crippen LogP contribution in [0.2, 0.25) is 0 Å². The topological polar surface area (TPSA) is 85.6 Å². The van der Waals surface area contributed by atoms with Crippen molar-refractivity contribution in [3.63, 3.8) is 0 Å². The van der Waals surface area contributed by atoms with Crippen LogP contribution in [0.5, 0.6) is 5.75 Å². The van der Waals surface area contributed by atoms with Crippen LogP contribution < -0.4 is 15.4 Å². The van der Waals surface area contributed by atoms with Crippen molar-refractivity contribution in [2.45, 2.75) is 39.3 Å². The lowest BCUT2D eigenvalue weighted by Crippen LogP contribution is -2.40. The van der Waals surface area contributed by atoms with Gasteiger partial charge in [0.25, 0.3) is 0 Å². The Morgan fingerprint density at radius 1 is 1.47 bits per heavy atom. The standard InChI is InChI=1S/C21H31FN6O2/c1-4-20-27-25-14-28(20)9-8-23-21(24-12-16-7-10-30-13-16)26-15(2)17-5-6-19(29-3)18(22)11-17/h5-6,11,14-16H,4,7-10,12-13H2,1-3H3,(H2,23,24,26). The van der Waals surface area contributed by atoms with Crippen LogP contribution in [-0.2, 0) is 17.7 Å². The number of nitrogens with one attached hydrogen (secondary N) is 2. The third kappa shape index (κ3) is 5.91. The summed E-state index contributed by atoms with van der Waals surface area (Å²) in [5.41, 5.74) is 0.819. The summed E-state index contributed by atoms with van der Waals surface area (Å²) in [5, 5.41) is 14.8. The molecule has 1 aliphatic heterocycles. The number of hydrogen-bond donors (Lipinski definition) is 2. The van der Waals surface area contributed by atoms with E-state index in [4.69, 9.17) is 14.5 Å². The number of ether oxygens (including phenoxy) is 2. The molecule has 0 radical (unpaired) electrons. The Bertz CT molecular complexity index is 835. The van der Waals surface area contributed by atoms with Gasteiger partial charge in [0.2, 0.25) is 0 Å². The largest absolute Gasteiger partial charge is 0.494 e. The minimum atomic E-state index is -0.377. The monoisotopic (exact) mass is 418 g/mol. The molecule has 0 saturated carbocycles. The summed E-state index contributed by atoms with van der Waals surface area (Å²) in [6.45, 7) is 7.66. The van der Waals surface area contributed by atoms with Gasteiger partial charge in [-0.25, -0.2) is 4.39 Å². The van der Waals surface area contributed by atoms with Gasteiger partial charge >= 0.3 is 0 Å². The van der Waals surface area contributed by atoms with Gasteiger partial charge in [0, 0.05) is 38.6 Å². The van der Waals surface area contributed by atoms with Crippen molar-refractivity contribution in [3.05, 3.63) is 41.7 Å². The van der Waals surface area contributed by atoms with E-state index < -0.39 is 0 Å². The van der Waals surface area contributed by atoms with Crippen LogP contribution in [0, 0.1) is 11.7 Å². The first-order chi connectivity index (χ1) is 14.6. The van der Waals surface area contributed by atoms with Gasteiger partial charge in [-0.15, -0.1) is 10.2 Å². The van der Waals surface area contributed by atoms with E-state index in [2.05, 4.69) is 27.8 Å². The molecule has 164 valence electrons. The Labute approximate surface area is 176 Å². The highest BCUT2D eigenvalue weighted by molar-refractivity contribution is 5.80. The van der Waals surface area contributed by atoms with E-state index in [9.17, 15) is 4.39 Å². The number of methoxy groups -OCH3 is 1. The number of guanidine groups is 1. The van der Waals surface area contributed by atoms with Gasteiger partial charge in [-0.3, -0.25) is 4.99 Å². The Morgan fingerprint density at radius 3 is 3.03 bits per heavy atom. The van der Waals surface area contributed by atoms with Crippen molar-refractivity contribution in [1.82, 2.24) is 25.4 Å². The number of nitrogens with zero attached hydrogens (tertiary/aromatic N) is 4. The van der Waals surface area contributed by atoms with Gasteiger partial charge in [0.1, 0.15) is 12.2 Å². The molecule has 9 heteroatoms. The molecule has 1 fully saturated rings. The third-order valence-corrected chi connectivity index (χ3v) is 5.22. The SMILES string of the molecule is CCc1nncn1CCNC(=NCC1CCOC1)NC(C)c1ccc(OC)c(F)c1. The van der Waals surface area contributed by atoms with E-state index in [-0.39, 0.29) is 17.6 Å². The van der Waals surface area contributed by atoms with Gasteiger partial charge in [-0.05, 0) is 31.0 Å². The molecular weight excluding hydrogens is 387 g/mol. The van der Waals surface area contributed by atoms with Gasteiger partial charge in [0.05, 0.1) is 19.8 Å². The zero-order chi connectivity index (χ0) is 21.3. The number of rotatable bonds is 9. The molecule has 0 bridgehead atoms. The highest BCUT2D eigenvalue weighted by atomic mass is 19.1. The van der Waals surface area contributed by atoms with Crippen molar-refractivity contribution in [1.29, 1.82) is 0 Å². The summed E-state index contributed by atoms with van der Waals surface area (Å²) in [7, 11) is 1.46. The van der Waals surface area contributed by atoms with Crippen molar-refractivity contribution in [3.8, 4) is 5.75 Å². The predicted molar refractivity (Wildman–Crippen MR) is 113 cm³/mol. The zero-order valence-electron chi connectivity index (χ0n) is 17.9. The second kappa shape index (κ2) is 10.9. The lowest BCUT2D eigenvalue weighted by Gasteiger charge is -2.20. The fourth-order valence-electron chi connectivity index (χ4n) is 3.37. The fraction of sp³-hybridized carbons (Fsp3) is 0.571. The average molecular weight is 419 g/mol. The highest BCUT2D eigenvalue weighted by Crippen LogP contribution is 2.21. The van der Waals surface area contributed by atoms with Crippen LogP contribution in [0.25, 0.3) is 0 Å². The molecule has 2 atom stereocenters. The van der Waals surface area contributed by atoms with Crippen molar-refractivity contribution < 1.29 is 13.9 Å². The molecule has 0 amide bonds. The van der Waals surface area contributed by atoms with Gasteiger partial charge in [-0.2, -0.15) is 0 Å². The highest BCUT2D eigenvalue weighted by Gasteiger charge is 2.16. The van der Waals surface area contributed by atoms with Crippen molar-refractivity contribution in [2.75, 3.05) is 33.4 Å². The summed E-state index contributed by atoms with van der Waals surface area (Å²) in [6.07, 6.45) is 3.60. The Hall–Kier alpha value is -2.68. The lowest BCUT2D eigenvalue weighted by molar-refractivity contribution is 0.187. The minimum Gasteiger partial charge on any atom is -0.494 e. The number of aromatic nitrogens is 3. The molecule has 3 rings (SSSR count).